The number of hydrogen-bond acceptors (Lipinski definition) is 5. The standard InChI is InChI=1S/C12H12N4O3/c1-13-7-8-6-11(17)15-12(14-8)9-4-2-3-5-10(9)16(18)19/h2-6,13H,7H2,1H3,(H,14,15,17). The Hall–Kier alpha value is -2.54. The predicted octanol–water partition coefficient (Wildman–Crippen LogP) is 1.06. The Kier molecular flexibility index (Phi) is 3.67. The number of nitro benzene ring substituents is 1. The zero-order chi connectivity index (χ0) is 13.8. The van der Waals surface area contributed by atoms with Crippen LogP contribution < -0.4 is 10.9 Å². The number of hydrogen-bond donors (Lipinski definition) is 2. The zero-order valence-electron chi connectivity index (χ0n) is 10.2. The molecule has 0 radical (unpaired) electrons. The Morgan fingerprint density at radius 1 is 1.42 bits per heavy atom. The fraction of sp³-hybridized carbons (Fsp3) is 0.167. The number of rotatable bonds is 4. The molecule has 98 valence electrons. The molecule has 1 aromatic carbocycles. The summed E-state index contributed by atoms with van der Waals surface area (Å²) in [6.07, 6.45) is 0. The van der Waals surface area contributed by atoms with Crippen molar-refractivity contribution in [3.63, 3.8) is 0 Å². The van der Waals surface area contributed by atoms with Gasteiger partial charge in [-0.2, -0.15) is 0 Å². The van der Waals surface area contributed by atoms with E-state index in [1.807, 2.05) is 0 Å². The number of aromatic nitrogens is 2. The Morgan fingerprint density at radius 3 is 2.84 bits per heavy atom. The normalized spacial score (nSPS) is 10.4. The summed E-state index contributed by atoms with van der Waals surface area (Å²) >= 11 is 0. The quantitative estimate of drug-likeness (QED) is 0.632. The molecule has 0 spiro atoms. The van der Waals surface area contributed by atoms with Gasteiger partial charge >= 0.3 is 0 Å². The van der Waals surface area contributed by atoms with Crippen LogP contribution in [0.1, 0.15) is 5.69 Å². The average molecular weight is 260 g/mol. The first-order valence-electron chi connectivity index (χ1n) is 5.60. The number of nitrogens with one attached hydrogen (secondary N) is 2. The highest BCUT2D eigenvalue weighted by Gasteiger charge is 2.16. The molecule has 0 unspecified atom stereocenters. The molecule has 0 bridgehead atoms. The van der Waals surface area contributed by atoms with Gasteiger partial charge in [0.25, 0.3) is 11.2 Å². The summed E-state index contributed by atoms with van der Waals surface area (Å²) in [5.41, 5.74) is 0.391. The van der Waals surface area contributed by atoms with Crippen LogP contribution in [0.2, 0.25) is 0 Å². The SMILES string of the molecule is CNCc1cc(=O)[nH]c(-c2ccccc2[N+](=O)[O-])n1. The van der Waals surface area contributed by atoms with Crippen molar-refractivity contribution in [1.82, 2.24) is 15.3 Å². The molecule has 19 heavy (non-hydrogen) atoms. The molecule has 2 rings (SSSR count). The number of H-pyrrole nitrogens is 1. The molecule has 0 fully saturated rings. The number of aromatic amines is 1. The number of nitro groups is 1. The fourth-order valence-electron chi connectivity index (χ4n) is 1.74. The van der Waals surface area contributed by atoms with E-state index in [2.05, 4.69) is 15.3 Å². The van der Waals surface area contributed by atoms with Crippen molar-refractivity contribution in [2.24, 2.45) is 0 Å². The van der Waals surface area contributed by atoms with Gasteiger partial charge in [-0.05, 0) is 13.1 Å². The highest BCUT2D eigenvalue weighted by atomic mass is 16.6. The van der Waals surface area contributed by atoms with Crippen molar-refractivity contribution in [3.8, 4) is 11.4 Å². The maximum Gasteiger partial charge on any atom is 0.280 e. The molecule has 1 aromatic heterocycles. The van der Waals surface area contributed by atoms with Gasteiger partial charge in [0.15, 0.2) is 0 Å². The second-order valence-electron chi connectivity index (χ2n) is 3.89. The Labute approximate surface area is 108 Å². The number of para-hydroxylation sites is 1. The van der Waals surface area contributed by atoms with Crippen LogP contribution in [-0.2, 0) is 6.54 Å². The van der Waals surface area contributed by atoms with Crippen LogP contribution >= 0.6 is 0 Å². The fourth-order valence-corrected chi connectivity index (χ4v) is 1.74. The Morgan fingerprint density at radius 2 is 2.16 bits per heavy atom. The maximum absolute atomic E-state index is 11.5. The van der Waals surface area contributed by atoms with Gasteiger partial charge < -0.3 is 10.3 Å². The van der Waals surface area contributed by atoms with Crippen LogP contribution in [0.25, 0.3) is 11.4 Å². The van der Waals surface area contributed by atoms with E-state index in [1.165, 1.54) is 12.1 Å². The van der Waals surface area contributed by atoms with Crippen molar-refractivity contribution in [2.45, 2.75) is 6.54 Å². The predicted molar refractivity (Wildman–Crippen MR) is 69.7 cm³/mol. The van der Waals surface area contributed by atoms with Crippen LogP contribution in [0.15, 0.2) is 35.1 Å². The third-order valence-electron chi connectivity index (χ3n) is 2.51. The third-order valence-corrected chi connectivity index (χ3v) is 2.51. The van der Waals surface area contributed by atoms with Gasteiger partial charge in [-0.1, -0.05) is 12.1 Å². The molecule has 0 amide bonds. The van der Waals surface area contributed by atoms with Crippen molar-refractivity contribution in [1.29, 1.82) is 0 Å². The third kappa shape index (κ3) is 2.83. The van der Waals surface area contributed by atoms with Crippen LogP contribution in [0.5, 0.6) is 0 Å². The summed E-state index contributed by atoms with van der Waals surface area (Å²) in [5, 5.41) is 13.8. The van der Waals surface area contributed by atoms with E-state index in [0.29, 0.717) is 17.8 Å². The minimum atomic E-state index is -0.500. The topological polar surface area (TPSA) is 101 Å². The van der Waals surface area contributed by atoms with Crippen molar-refractivity contribution < 1.29 is 4.92 Å². The molecule has 1 heterocycles. The zero-order valence-corrected chi connectivity index (χ0v) is 10.2. The summed E-state index contributed by atoms with van der Waals surface area (Å²) in [4.78, 5) is 28.7. The average Bonchev–Trinajstić information content (AvgIpc) is 2.38. The van der Waals surface area contributed by atoms with Gasteiger partial charge in [0.1, 0.15) is 5.82 Å². The first-order valence-corrected chi connectivity index (χ1v) is 5.60. The highest BCUT2D eigenvalue weighted by molar-refractivity contribution is 5.67. The lowest BCUT2D eigenvalue weighted by molar-refractivity contribution is -0.384. The Balaban J connectivity index is 2.59. The molecule has 0 aliphatic carbocycles. The largest absolute Gasteiger partial charge is 0.314 e. The summed E-state index contributed by atoms with van der Waals surface area (Å²) in [7, 11) is 1.73. The van der Waals surface area contributed by atoms with E-state index < -0.39 is 4.92 Å². The van der Waals surface area contributed by atoms with Gasteiger partial charge in [0.05, 0.1) is 16.2 Å². The molecule has 7 nitrogen and oxygen atoms in total. The molecule has 7 heteroatoms. The molecule has 0 saturated heterocycles. The van der Waals surface area contributed by atoms with Gasteiger partial charge in [-0.25, -0.2) is 4.98 Å². The lowest BCUT2D eigenvalue weighted by Gasteiger charge is -2.04. The lowest BCUT2D eigenvalue weighted by Crippen LogP contribution is -2.15. The molecule has 0 aliphatic rings. The van der Waals surface area contributed by atoms with Crippen LogP contribution in [0.4, 0.5) is 5.69 Å². The van der Waals surface area contributed by atoms with Gasteiger partial charge in [0, 0.05) is 18.7 Å². The van der Waals surface area contributed by atoms with Crippen molar-refractivity contribution in [3.05, 3.63) is 56.5 Å². The summed E-state index contributed by atoms with van der Waals surface area (Å²) in [5.74, 6) is 0.199. The van der Waals surface area contributed by atoms with Crippen molar-refractivity contribution in [2.75, 3.05) is 7.05 Å². The lowest BCUT2D eigenvalue weighted by atomic mass is 10.1. The minimum absolute atomic E-state index is 0.0905. The van der Waals surface area contributed by atoms with Crippen LogP contribution in [0, 0.1) is 10.1 Å². The molecule has 0 saturated carbocycles. The van der Waals surface area contributed by atoms with E-state index >= 15 is 0 Å². The Bertz CT molecular complexity index is 666. The molecule has 2 N–H and O–H groups in total. The summed E-state index contributed by atoms with van der Waals surface area (Å²) in [6.45, 7) is 0.414. The van der Waals surface area contributed by atoms with E-state index in [9.17, 15) is 14.9 Å². The van der Waals surface area contributed by atoms with Crippen LogP contribution in [0.3, 0.4) is 0 Å². The number of benzene rings is 1. The smallest absolute Gasteiger partial charge is 0.280 e. The van der Waals surface area contributed by atoms with E-state index in [0.717, 1.165) is 0 Å². The molecular weight excluding hydrogens is 248 g/mol. The van der Waals surface area contributed by atoms with E-state index in [4.69, 9.17) is 0 Å². The van der Waals surface area contributed by atoms with Gasteiger partial charge in [-0.15, -0.1) is 0 Å². The van der Waals surface area contributed by atoms with E-state index in [-0.39, 0.29) is 17.1 Å². The van der Waals surface area contributed by atoms with Gasteiger partial charge in [0.2, 0.25) is 0 Å². The maximum atomic E-state index is 11.5. The van der Waals surface area contributed by atoms with E-state index in [1.54, 1.807) is 25.2 Å². The minimum Gasteiger partial charge on any atom is -0.314 e. The summed E-state index contributed by atoms with van der Waals surface area (Å²) in [6, 6.07) is 7.51. The second kappa shape index (κ2) is 5.40. The molecule has 0 aliphatic heterocycles. The van der Waals surface area contributed by atoms with Crippen LogP contribution in [-0.4, -0.2) is 21.9 Å². The highest BCUT2D eigenvalue weighted by Crippen LogP contribution is 2.25. The molecule has 0 atom stereocenters. The van der Waals surface area contributed by atoms with Gasteiger partial charge in [-0.3, -0.25) is 14.9 Å². The number of nitrogens with zero attached hydrogens (tertiary/aromatic N) is 2. The monoisotopic (exact) mass is 260 g/mol. The molecule has 2 aromatic rings. The molecular formula is C12H12N4O3. The van der Waals surface area contributed by atoms with Crippen molar-refractivity contribution >= 4 is 5.69 Å². The first-order chi connectivity index (χ1) is 9.11. The second-order valence-corrected chi connectivity index (χ2v) is 3.89. The first kappa shape index (κ1) is 12.9. The summed E-state index contributed by atoms with van der Waals surface area (Å²) < 4.78 is 0.